The van der Waals surface area contributed by atoms with Crippen molar-refractivity contribution in [1.82, 2.24) is 4.90 Å². The summed E-state index contributed by atoms with van der Waals surface area (Å²) < 4.78 is 5.23. The maximum Gasteiger partial charge on any atom is 0.338 e. The smallest absolute Gasteiger partial charge is 0.338 e. The Bertz CT molecular complexity index is 492. The van der Waals surface area contributed by atoms with Gasteiger partial charge >= 0.3 is 5.97 Å². The van der Waals surface area contributed by atoms with Gasteiger partial charge in [0.1, 0.15) is 0 Å². The molecule has 0 saturated heterocycles. The van der Waals surface area contributed by atoms with E-state index in [-0.39, 0.29) is 5.97 Å². The fourth-order valence-corrected chi connectivity index (χ4v) is 3.53. The number of hydrogen-bond acceptors (Lipinski definition) is 3. The molecule has 1 aliphatic carbocycles. The highest BCUT2D eigenvalue weighted by Crippen LogP contribution is 2.28. The standard InChI is InChI=1S/C19H29NO2/c1-4-12-20(13-5-2)16-11-10-15-8-7-9-17(18(15)14-16)19(21)22-6-3/h7-9,16H,4-6,10-14H2,1-3H3. The molecule has 0 fully saturated rings. The lowest BCUT2D eigenvalue weighted by Crippen LogP contribution is -2.40. The molecule has 0 spiro atoms. The first kappa shape index (κ1) is 17.0. The Labute approximate surface area is 134 Å². The molecule has 0 radical (unpaired) electrons. The second-order valence-electron chi connectivity index (χ2n) is 6.10. The highest BCUT2D eigenvalue weighted by Gasteiger charge is 2.27. The van der Waals surface area contributed by atoms with Gasteiger partial charge in [0.05, 0.1) is 12.2 Å². The molecule has 1 aromatic carbocycles. The highest BCUT2D eigenvalue weighted by molar-refractivity contribution is 5.91. The van der Waals surface area contributed by atoms with E-state index in [1.54, 1.807) is 0 Å². The Kier molecular flexibility index (Phi) is 6.44. The van der Waals surface area contributed by atoms with Crippen LogP contribution in [0, 0.1) is 0 Å². The minimum absolute atomic E-state index is 0.169. The fraction of sp³-hybridized carbons (Fsp3) is 0.632. The summed E-state index contributed by atoms with van der Waals surface area (Å²) in [5, 5.41) is 0. The second-order valence-corrected chi connectivity index (χ2v) is 6.10. The van der Waals surface area contributed by atoms with Crippen LogP contribution < -0.4 is 0 Å². The summed E-state index contributed by atoms with van der Waals surface area (Å²) in [6, 6.07) is 6.63. The van der Waals surface area contributed by atoms with E-state index in [1.165, 1.54) is 30.4 Å². The molecule has 122 valence electrons. The average molecular weight is 303 g/mol. The van der Waals surface area contributed by atoms with Crippen molar-refractivity contribution in [2.45, 2.75) is 58.9 Å². The quantitative estimate of drug-likeness (QED) is 0.717. The van der Waals surface area contributed by atoms with E-state index in [2.05, 4.69) is 24.8 Å². The molecule has 3 nitrogen and oxygen atoms in total. The molecule has 0 heterocycles. The Hall–Kier alpha value is -1.35. The first-order valence-corrected chi connectivity index (χ1v) is 8.73. The van der Waals surface area contributed by atoms with Crippen LogP contribution in [0.2, 0.25) is 0 Å². The van der Waals surface area contributed by atoms with E-state index < -0.39 is 0 Å². The Balaban J connectivity index is 2.22. The van der Waals surface area contributed by atoms with Crippen molar-refractivity contribution < 1.29 is 9.53 Å². The topological polar surface area (TPSA) is 29.5 Å². The van der Waals surface area contributed by atoms with Crippen molar-refractivity contribution in [3.8, 4) is 0 Å². The van der Waals surface area contributed by atoms with Crippen molar-refractivity contribution >= 4 is 5.97 Å². The van der Waals surface area contributed by atoms with Gasteiger partial charge in [-0.05, 0) is 69.3 Å². The lowest BCUT2D eigenvalue weighted by molar-refractivity contribution is 0.0523. The second kappa shape index (κ2) is 8.33. The van der Waals surface area contributed by atoms with Crippen molar-refractivity contribution in [2.75, 3.05) is 19.7 Å². The fourth-order valence-electron chi connectivity index (χ4n) is 3.53. The molecular formula is C19H29NO2. The lowest BCUT2D eigenvalue weighted by Gasteiger charge is -2.35. The summed E-state index contributed by atoms with van der Waals surface area (Å²) in [5.74, 6) is -0.169. The minimum atomic E-state index is -0.169. The molecule has 0 aliphatic heterocycles. The predicted octanol–water partition coefficient (Wildman–Crippen LogP) is 3.84. The van der Waals surface area contributed by atoms with E-state index in [1.807, 2.05) is 19.1 Å². The Morgan fingerprint density at radius 3 is 2.59 bits per heavy atom. The molecule has 2 rings (SSSR count). The highest BCUT2D eigenvalue weighted by atomic mass is 16.5. The van der Waals surface area contributed by atoms with Crippen LogP contribution in [0.3, 0.4) is 0 Å². The zero-order valence-corrected chi connectivity index (χ0v) is 14.2. The number of nitrogens with zero attached hydrogens (tertiary/aromatic N) is 1. The Morgan fingerprint density at radius 2 is 1.95 bits per heavy atom. The van der Waals surface area contributed by atoms with Gasteiger partial charge in [-0.25, -0.2) is 4.79 Å². The van der Waals surface area contributed by atoms with E-state index in [0.29, 0.717) is 12.6 Å². The summed E-state index contributed by atoms with van der Waals surface area (Å²) in [4.78, 5) is 14.8. The van der Waals surface area contributed by atoms with Crippen LogP contribution in [0.5, 0.6) is 0 Å². The summed E-state index contributed by atoms with van der Waals surface area (Å²) in [5.41, 5.74) is 3.32. The third-order valence-corrected chi connectivity index (χ3v) is 4.49. The molecule has 0 amide bonds. The van der Waals surface area contributed by atoms with Gasteiger partial charge in [-0.3, -0.25) is 0 Å². The van der Waals surface area contributed by atoms with Crippen LogP contribution in [0.25, 0.3) is 0 Å². The molecular weight excluding hydrogens is 274 g/mol. The molecule has 1 aromatic rings. The van der Waals surface area contributed by atoms with Crippen LogP contribution in [0.15, 0.2) is 18.2 Å². The molecule has 3 heteroatoms. The number of benzene rings is 1. The number of ether oxygens (including phenoxy) is 1. The molecule has 0 bridgehead atoms. The SMILES string of the molecule is CCCN(CCC)C1CCc2cccc(C(=O)OCC)c2C1. The zero-order valence-electron chi connectivity index (χ0n) is 14.2. The minimum Gasteiger partial charge on any atom is -0.462 e. The molecule has 22 heavy (non-hydrogen) atoms. The van der Waals surface area contributed by atoms with Crippen LogP contribution in [-0.4, -0.2) is 36.6 Å². The largest absolute Gasteiger partial charge is 0.462 e. The average Bonchev–Trinajstić information content (AvgIpc) is 2.54. The molecule has 0 aromatic heterocycles. The zero-order chi connectivity index (χ0) is 15.9. The first-order valence-electron chi connectivity index (χ1n) is 8.73. The first-order chi connectivity index (χ1) is 10.7. The van der Waals surface area contributed by atoms with Gasteiger partial charge in [-0.15, -0.1) is 0 Å². The van der Waals surface area contributed by atoms with E-state index >= 15 is 0 Å². The molecule has 0 N–H and O–H groups in total. The molecule has 1 unspecified atom stereocenters. The van der Waals surface area contributed by atoms with Crippen LogP contribution in [0.1, 0.15) is 61.5 Å². The summed E-state index contributed by atoms with van der Waals surface area (Å²) in [6.07, 6.45) is 5.60. The number of aryl methyl sites for hydroxylation is 1. The van der Waals surface area contributed by atoms with Crippen molar-refractivity contribution in [3.05, 3.63) is 34.9 Å². The summed E-state index contributed by atoms with van der Waals surface area (Å²) in [7, 11) is 0. The van der Waals surface area contributed by atoms with Gasteiger partial charge in [0.15, 0.2) is 0 Å². The van der Waals surface area contributed by atoms with Crippen molar-refractivity contribution in [3.63, 3.8) is 0 Å². The van der Waals surface area contributed by atoms with Gasteiger partial charge in [-0.1, -0.05) is 26.0 Å². The molecule has 1 atom stereocenters. The van der Waals surface area contributed by atoms with Gasteiger partial charge in [0, 0.05) is 6.04 Å². The number of carbonyl (C=O) groups is 1. The normalized spacial score (nSPS) is 17.4. The predicted molar refractivity (Wildman–Crippen MR) is 90.4 cm³/mol. The Morgan fingerprint density at radius 1 is 1.23 bits per heavy atom. The summed E-state index contributed by atoms with van der Waals surface area (Å²) in [6.45, 7) is 9.07. The van der Waals surface area contributed by atoms with Gasteiger partial charge in [0.2, 0.25) is 0 Å². The van der Waals surface area contributed by atoms with Crippen LogP contribution in [0.4, 0.5) is 0 Å². The number of carbonyl (C=O) groups excluding carboxylic acids is 1. The van der Waals surface area contributed by atoms with E-state index in [0.717, 1.165) is 31.5 Å². The molecule has 0 saturated carbocycles. The summed E-state index contributed by atoms with van der Waals surface area (Å²) >= 11 is 0. The number of fused-ring (bicyclic) bond motifs is 1. The number of hydrogen-bond donors (Lipinski definition) is 0. The third kappa shape index (κ3) is 3.89. The number of esters is 1. The maximum atomic E-state index is 12.2. The molecule has 1 aliphatic rings. The van der Waals surface area contributed by atoms with Gasteiger partial charge < -0.3 is 9.64 Å². The third-order valence-electron chi connectivity index (χ3n) is 4.49. The van der Waals surface area contributed by atoms with E-state index in [4.69, 9.17) is 4.74 Å². The van der Waals surface area contributed by atoms with Crippen LogP contribution in [-0.2, 0) is 17.6 Å². The van der Waals surface area contributed by atoms with Crippen molar-refractivity contribution in [2.24, 2.45) is 0 Å². The van der Waals surface area contributed by atoms with Gasteiger partial charge in [-0.2, -0.15) is 0 Å². The van der Waals surface area contributed by atoms with Crippen LogP contribution >= 0.6 is 0 Å². The lowest BCUT2D eigenvalue weighted by atomic mass is 9.84. The monoisotopic (exact) mass is 303 g/mol. The van der Waals surface area contributed by atoms with E-state index in [9.17, 15) is 4.79 Å². The number of rotatable bonds is 7. The maximum absolute atomic E-state index is 12.2. The van der Waals surface area contributed by atoms with Gasteiger partial charge in [0.25, 0.3) is 0 Å². The van der Waals surface area contributed by atoms with Crippen molar-refractivity contribution in [1.29, 1.82) is 0 Å².